The molecule has 6 nitrogen and oxygen atoms in total. The van der Waals surface area contributed by atoms with Crippen LogP contribution in [0.15, 0.2) is 0 Å². The van der Waals surface area contributed by atoms with Crippen LogP contribution in [0.25, 0.3) is 0 Å². The Kier molecular flexibility index (Phi) is 4.42. The number of hydrogen-bond acceptors (Lipinski definition) is 5. The normalized spacial score (nSPS) is 18.9. The number of aryl methyl sites for hydroxylation is 1. The first-order valence-corrected chi connectivity index (χ1v) is 7.18. The van der Waals surface area contributed by atoms with E-state index in [1.54, 1.807) is 0 Å². The molecule has 1 aromatic heterocycles. The van der Waals surface area contributed by atoms with Crippen LogP contribution in [0, 0.1) is 13.8 Å². The van der Waals surface area contributed by atoms with Gasteiger partial charge in [-0.1, -0.05) is 6.92 Å². The first-order valence-electron chi connectivity index (χ1n) is 7.18. The number of rotatable bonds is 4. The fourth-order valence-electron chi connectivity index (χ4n) is 2.38. The second-order valence-electron chi connectivity index (χ2n) is 5.16. The molecule has 1 unspecified atom stereocenters. The highest BCUT2D eigenvalue weighted by Gasteiger charge is 2.28. The Bertz CT molecular complexity index is 503. The Morgan fingerprint density at radius 2 is 2.15 bits per heavy atom. The molecule has 1 aliphatic rings. The molecule has 1 aliphatic heterocycles. The van der Waals surface area contributed by atoms with E-state index in [9.17, 15) is 4.79 Å². The third kappa shape index (κ3) is 2.84. The number of aromatic nitrogens is 2. The van der Waals surface area contributed by atoms with Gasteiger partial charge in [0.05, 0.1) is 0 Å². The van der Waals surface area contributed by atoms with Crippen molar-refractivity contribution >= 4 is 17.5 Å². The zero-order chi connectivity index (χ0) is 14.7. The molecule has 1 fully saturated rings. The van der Waals surface area contributed by atoms with Gasteiger partial charge in [0.1, 0.15) is 23.5 Å². The molecule has 0 saturated carbocycles. The van der Waals surface area contributed by atoms with Crippen LogP contribution in [0.1, 0.15) is 31.7 Å². The highest BCUT2D eigenvalue weighted by Crippen LogP contribution is 2.25. The van der Waals surface area contributed by atoms with Gasteiger partial charge in [0, 0.05) is 25.2 Å². The highest BCUT2D eigenvalue weighted by atomic mass is 16.2. The minimum atomic E-state index is -0.198. The number of nitrogens with zero attached hydrogens (tertiary/aromatic N) is 3. The van der Waals surface area contributed by atoms with Crippen molar-refractivity contribution in [3.63, 3.8) is 0 Å². The standard InChI is InChI=1S/C14H23N5O/c1-5-6-15-12-9(2)13(18-11(4)17-12)19-8-7-16-14(20)10(19)3/h10H,5-8H2,1-4H3,(H,16,20)(H,15,17,18). The summed E-state index contributed by atoms with van der Waals surface area (Å²) in [5.74, 6) is 2.50. The average molecular weight is 277 g/mol. The molecule has 1 amide bonds. The van der Waals surface area contributed by atoms with Gasteiger partial charge in [0.25, 0.3) is 0 Å². The monoisotopic (exact) mass is 277 g/mol. The van der Waals surface area contributed by atoms with Crippen molar-refractivity contribution in [1.29, 1.82) is 0 Å². The van der Waals surface area contributed by atoms with Crippen LogP contribution >= 0.6 is 0 Å². The molecule has 0 aromatic carbocycles. The molecule has 20 heavy (non-hydrogen) atoms. The van der Waals surface area contributed by atoms with Crippen molar-refractivity contribution in [1.82, 2.24) is 15.3 Å². The highest BCUT2D eigenvalue weighted by molar-refractivity contribution is 5.86. The Morgan fingerprint density at radius 1 is 1.40 bits per heavy atom. The maximum Gasteiger partial charge on any atom is 0.242 e. The van der Waals surface area contributed by atoms with E-state index < -0.39 is 0 Å². The van der Waals surface area contributed by atoms with Crippen molar-refractivity contribution in [3.8, 4) is 0 Å². The lowest BCUT2D eigenvalue weighted by molar-refractivity contribution is -0.122. The molecule has 0 bridgehead atoms. The third-order valence-corrected chi connectivity index (χ3v) is 3.55. The molecule has 0 spiro atoms. The van der Waals surface area contributed by atoms with Gasteiger partial charge in [-0.05, 0) is 27.2 Å². The lowest BCUT2D eigenvalue weighted by atomic mass is 10.1. The SMILES string of the molecule is CCCNc1nc(C)nc(N2CCNC(=O)C2C)c1C. The second kappa shape index (κ2) is 6.07. The van der Waals surface area contributed by atoms with E-state index in [2.05, 4.69) is 32.4 Å². The molecule has 110 valence electrons. The van der Waals surface area contributed by atoms with Crippen LogP contribution in [-0.4, -0.2) is 41.6 Å². The van der Waals surface area contributed by atoms with Gasteiger partial charge in [0.15, 0.2) is 0 Å². The van der Waals surface area contributed by atoms with E-state index in [0.29, 0.717) is 6.54 Å². The van der Waals surface area contributed by atoms with Gasteiger partial charge < -0.3 is 15.5 Å². The van der Waals surface area contributed by atoms with Crippen molar-refractivity contribution < 1.29 is 4.79 Å². The van der Waals surface area contributed by atoms with Crippen LogP contribution in [0.5, 0.6) is 0 Å². The molecular weight excluding hydrogens is 254 g/mol. The summed E-state index contributed by atoms with van der Waals surface area (Å²) in [4.78, 5) is 22.9. The van der Waals surface area contributed by atoms with Crippen molar-refractivity contribution in [2.45, 2.75) is 40.2 Å². The summed E-state index contributed by atoms with van der Waals surface area (Å²) >= 11 is 0. The minimum Gasteiger partial charge on any atom is -0.370 e. The lowest BCUT2D eigenvalue weighted by Gasteiger charge is -2.35. The van der Waals surface area contributed by atoms with Crippen LogP contribution in [0.3, 0.4) is 0 Å². The van der Waals surface area contributed by atoms with Crippen LogP contribution in [0.4, 0.5) is 11.6 Å². The topological polar surface area (TPSA) is 70.2 Å². The summed E-state index contributed by atoms with van der Waals surface area (Å²) in [6.07, 6.45) is 1.04. The molecule has 1 saturated heterocycles. The fourth-order valence-corrected chi connectivity index (χ4v) is 2.38. The number of nitrogens with one attached hydrogen (secondary N) is 2. The Labute approximate surface area is 120 Å². The van der Waals surface area contributed by atoms with E-state index in [4.69, 9.17) is 0 Å². The van der Waals surface area contributed by atoms with E-state index in [1.807, 2.05) is 20.8 Å². The Balaban J connectivity index is 2.35. The van der Waals surface area contributed by atoms with E-state index in [1.165, 1.54) is 0 Å². The van der Waals surface area contributed by atoms with Gasteiger partial charge in [0.2, 0.25) is 5.91 Å². The molecule has 1 atom stereocenters. The third-order valence-electron chi connectivity index (χ3n) is 3.55. The van der Waals surface area contributed by atoms with Gasteiger partial charge >= 0.3 is 0 Å². The first-order chi connectivity index (χ1) is 9.54. The molecular formula is C14H23N5O. The molecule has 0 aliphatic carbocycles. The van der Waals surface area contributed by atoms with Gasteiger partial charge in [-0.25, -0.2) is 9.97 Å². The maximum absolute atomic E-state index is 11.8. The van der Waals surface area contributed by atoms with E-state index in [-0.39, 0.29) is 11.9 Å². The number of carbonyl (C=O) groups excluding carboxylic acids is 1. The number of anilines is 2. The molecule has 2 heterocycles. The summed E-state index contributed by atoms with van der Waals surface area (Å²) in [6, 6.07) is -0.198. The molecule has 6 heteroatoms. The van der Waals surface area contributed by atoms with Crippen molar-refractivity contribution in [2.24, 2.45) is 0 Å². The van der Waals surface area contributed by atoms with Crippen molar-refractivity contribution in [3.05, 3.63) is 11.4 Å². The maximum atomic E-state index is 11.8. The van der Waals surface area contributed by atoms with Crippen LogP contribution in [-0.2, 0) is 4.79 Å². The van der Waals surface area contributed by atoms with Crippen LogP contribution in [0.2, 0.25) is 0 Å². The van der Waals surface area contributed by atoms with Gasteiger partial charge in [-0.2, -0.15) is 0 Å². The summed E-state index contributed by atoms with van der Waals surface area (Å²) < 4.78 is 0. The number of amides is 1. The van der Waals surface area contributed by atoms with E-state index in [0.717, 1.165) is 42.5 Å². The average Bonchev–Trinajstić information content (AvgIpc) is 2.42. The number of piperazine rings is 1. The quantitative estimate of drug-likeness (QED) is 0.866. The molecule has 0 radical (unpaired) electrons. The fraction of sp³-hybridized carbons (Fsp3) is 0.643. The largest absolute Gasteiger partial charge is 0.370 e. The first kappa shape index (κ1) is 14.6. The summed E-state index contributed by atoms with van der Waals surface area (Å²) in [5.41, 5.74) is 1.01. The minimum absolute atomic E-state index is 0.0509. The van der Waals surface area contributed by atoms with Gasteiger partial charge in [-0.15, -0.1) is 0 Å². The zero-order valence-corrected chi connectivity index (χ0v) is 12.7. The molecule has 2 N–H and O–H groups in total. The smallest absolute Gasteiger partial charge is 0.242 e. The molecule has 1 aromatic rings. The Morgan fingerprint density at radius 3 is 2.85 bits per heavy atom. The predicted molar refractivity (Wildman–Crippen MR) is 80.1 cm³/mol. The summed E-state index contributed by atoms with van der Waals surface area (Å²) in [5, 5.41) is 6.21. The summed E-state index contributed by atoms with van der Waals surface area (Å²) in [7, 11) is 0. The molecule has 2 rings (SSSR count). The zero-order valence-electron chi connectivity index (χ0n) is 12.7. The van der Waals surface area contributed by atoms with E-state index >= 15 is 0 Å². The number of carbonyl (C=O) groups is 1. The van der Waals surface area contributed by atoms with Crippen LogP contribution < -0.4 is 15.5 Å². The lowest BCUT2D eigenvalue weighted by Crippen LogP contribution is -2.54. The second-order valence-corrected chi connectivity index (χ2v) is 5.16. The predicted octanol–water partition coefficient (Wildman–Crippen LogP) is 1.24. The Hall–Kier alpha value is -1.85. The van der Waals surface area contributed by atoms with Crippen molar-refractivity contribution in [2.75, 3.05) is 29.9 Å². The van der Waals surface area contributed by atoms with Gasteiger partial charge in [-0.3, -0.25) is 4.79 Å². The summed E-state index contributed by atoms with van der Waals surface area (Å²) in [6.45, 7) is 10.2. The number of hydrogen-bond donors (Lipinski definition) is 2.